The van der Waals surface area contributed by atoms with E-state index in [2.05, 4.69) is 28.5 Å². The highest BCUT2D eigenvalue weighted by molar-refractivity contribution is 7.99. The molecule has 0 atom stereocenters. The second-order valence-corrected chi connectivity index (χ2v) is 7.51. The van der Waals surface area contributed by atoms with Gasteiger partial charge in [-0.25, -0.2) is 0 Å². The first-order valence-electron chi connectivity index (χ1n) is 9.04. The summed E-state index contributed by atoms with van der Waals surface area (Å²) in [6.45, 7) is 4.93. The molecule has 0 radical (unpaired) electrons. The first-order valence-corrected chi connectivity index (χ1v) is 10.0. The van der Waals surface area contributed by atoms with Crippen LogP contribution < -0.4 is 10.1 Å². The highest BCUT2D eigenvalue weighted by Gasteiger charge is 2.12. The van der Waals surface area contributed by atoms with E-state index in [9.17, 15) is 4.79 Å². The van der Waals surface area contributed by atoms with Crippen molar-refractivity contribution >= 4 is 17.7 Å². The Morgan fingerprint density at radius 3 is 2.68 bits per heavy atom. The zero-order chi connectivity index (χ0) is 19.9. The molecule has 1 N–H and O–H groups in total. The van der Waals surface area contributed by atoms with E-state index < -0.39 is 0 Å². The molecule has 3 rings (SSSR count). The van der Waals surface area contributed by atoms with E-state index in [0.717, 1.165) is 16.9 Å². The zero-order valence-corrected chi connectivity index (χ0v) is 17.1. The molecule has 7 heteroatoms. The van der Waals surface area contributed by atoms with Gasteiger partial charge in [-0.2, -0.15) is 0 Å². The normalized spacial score (nSPS) is 10.7. The van der Waals surface area contributed by atoms with Crippen LogP contribution in [0.15, 0.2) is 53.7 Å². The Bertz CT molecular complexity index is 941. The molecule has 1 heterocycles. The summed E-state index contributed by atoms with van der Waals surface area (Å²) in [5, 5.41) is 12.0. The van der Waals surface area contributed by atoms with Gasteiger partial charge in [0, 0.05) is 13.6 Å². The molecule has 2 aromatic carbocycles. The van der Waals surface area contributed by atoms with Crippen molar-refractivity contribution in [1.29, 1.82) is 0 Å². The average molecular weight is 397 g/mol. The fourth-order valence-corrected chi connectivity index (χ4v) is 3.44. The molecule has 0 fully saturated rings. The predicted octanol–water partition coefficient (Wildman–Crippen LogP) is 3.42. The lowest BCUT2D eigenvalue weighted by Crippen LogP contribution is -2.24. The molecule has 0 saturated heterocycles. The van der Waals surface area contributed by atoms with Crippen molar-refractivity contribution in [3.05, 3.63) is 71.0 Å². The molecule has 6 nitrogen and oxygen atoms in total. The Hall–Kier alpha value is -2.80. The van der Waals surface area contributed by atoms with Crippen molar-refractivity contribution in [2.75, 3.05) is 5.75 Å². The van der Waals surface area contributed by atoms with Crippen LogP contribution in [-0.4, -0.2) is 26.4 Å². The second-order valence-electron chi connectivity index (χ2n) is 6.57. The number of hydrogen-bond donors (Lipinski definition) is 1. The number of ether oxygens (including phenoxy) is 1. The van der Waals surface area contributed by atoms with Gasteiger partial charge < -0.3 is 14.6 Å². The van der Waals surface area contributed by atoms with Crippen molar-refractivity contribution in [1.82, 2.24) is 20.1 Å². The van der Waals surface area contributed by atoms with Gasteiger partial charge in [0.15, 0.2) is 11.0 Å². The summed E-state index contributed by atoms with van der Waals surface area (Å²) in [6, 6.07) is 15.9. The van der Waals surface area contributed by atoms with Gasteiger partial charge in [0.05, 0.1) is 5.75 Å². The third-order valence-electron chi connectivity index (χ3n) is 4.28. The van der Waals surface area contributed by atoms with E-state index in [1.54, 1.807) is 0 Å². The highest BCUT2D eigenvalue weighted by atomic mass is 32.2. The minimum Gasteiger partial charge on any atom is -0.485 e. The molecule has 0 spiro atoms. The van der Waals surface area contributed by atoms with Crippen LogP contribution in [0.1, 0.15) is 22.5 Å². The van der Waals surface area contributed by atoms with Crippen LogP contribution in [0, 0.1) is 13.8 Å². The third-order valence-corrected chi connectivity index (χ3v) is 5.30. The summed E-state index contributed by atoms with van der Waals surface area (Å²) in [7, 11) is 1.88. The smallest absolute Gasteiger partial charge is 0.230 e. The van der Waals surface area contributed by atoms with Gasteiger partial charge in [0.1, 0.15) is 12.4 Å². The summed E-state index contributed by atoms with van der Waals surface area (Å²) >= 11 is 1.36. The van der Waals surface area contributed by atoms with Gasteiger partial charge >= 0.3 is 0 Å². The first kappa shape index (κ1) is 19.9. The molecule has 0 unspecified atom stereocenters. The first-order chi connectivity index (χ1) is 13.5. The van der Waals surface area contributed by atoms with Crippen LogP contribution in [0.4, 0.5) is 0 Å². The largest absolute Gasteiger partial charge is 0.485 e. The topological polar surface area (TPSA) is 69.0 Å². The summed E-state index contributed by atoms with van der Waals surface area (Å²) in [6.07, 6.45) is 0. The van der Waals surface area contributed by atoms with Gasteiger partial charge in [-0.05, 0) is 31.0 Å². The van der Waals surface area contributed by atoms with Gasteiger partial charge in [-0.1, -0.05) is 59.8 Å². The maximum atomic E-state index is 12.1. The number of rotatable bonds is 8. The van der Waals surface area contributed by atoms with Crippen LogP contribution in [-0.2, 0) is 25.0 Å². The van der Waals surface area contributed by atoms with Crippen LogP contribution in [0.25, 0.3) is 0 Å². The molecule has 3 aromatic rings. The fourth-order valence-electron chi connectivity index (χ4n) is 2.68. The van der Waals surface area contributed by atoms with E-state index >= 15 is 0 Å². The SMILES string of the molecule is Cc1ccc(OCc2nnc(SCC(=O)NCc3ccccc3)n2C)c(C)c1. The molecule has 0 saturated carbocycles. The highest BCUT2D eigenvalue weighted by Crippen LogP contribution is 2.21. The van der Waals surface area contributed by atoms with E-state index in [1.165, 1.54) is 17.3 Å². The van der Waals surface area contributed by atoms with Crippen LogP contribution in [0.5, 0.6) is 5.75 Å². The number of carbonyl (C=O) groups is 1. The van der Waals surface area contributed by atoms with Crippen molar-refractivity contribution in [3.63, 3.8) is 0 Å². The second kappa shape index (κ2) is 9.41. The monoisotopic (exact) mass is 396 g/mol. The van der Waals surface area contributed by atoms with Gasteiger partial charge in [0.25, 0.3) is 0 Å². The third kappa shape index (κ3) is 5.36. The number of benzene rings is 2. The Labute approximate surface area is 169 Å². The maximum Gasteiger partial charge on any atom is 0.230 e. The molecule has 1 amide bonds. The van der Waals surface area contributed by atoms with Gasteiger partial charge in [-0.3, -0.25) is 4.79 Å². The van der Waals surface area contributed by atoms with Gasteiger partial charge in [0.2, 0.25) is 5.91 Å². The van der Waals surface area contributed by atoms with Crippen molar-refractivity contribution in [3.8, 4) is 5.75 Å². The number of carbonyl (C=O) groups excluding carboxylic acids is 1. The Morgan fingerprint density at radius 2 is 1.93 bits per heavy atom. The lowest BCUT2D eigenvalue weighted by Gasteiger charge is -2.09. The molecule has 0 aliphatic rings. The van der Waals surface area contributed by atoms with E-state index in [0.29, 0.717) is 24.1 Å². The summed E-state index contributed by atoms with van der Waals surface area (Å²) in [5.74, 6) is 1.80. The van der Waals surface area contributed by atoms with E-state index in [4.69, 9.17) is 4.74 Å². The summed E-state index contributed by atoms with van der Waals surface area (Å²) in [4.78, 5) is 12.1. The molecule has 28 heavy (non-hydrogen) atoms. The number of nitrogens with zero attached hydrogens (tertiary/aromatic N) is 3. The Balaban J connectivity index is 1.49. The van der Waals surface area contributed by atoms with Gasteiger partial charge in [-0.15, -0.1) is 10.2 Å². The molecule has 0 aliphatic carbocycles. The molecular weight excluding hydrogens is 372 g/mol. The Morgan fingerprint density at radius 1 is 1.14 bits per heavy atom. The van der Waals surface area contributed by atoms with Crippen molar-refractivity contribution in [2.24, 2.45) is 7.05 Å². The maximum absolute atomic E-state index is 12.1. The van der Waals surface area contributed by atoms with Crippen molar-refractivity contribution in [2.45, 2.75) is 32.2 Å². The zero-order valence-electron chi connectivity index (χ0n) is 16.3. The fraction of sp³-hybridized carbons (Fsp3) is 0.286. The van der Waals surface area contributed by atoms with Crippen LogP contribution in [0.2, 0.25) is 0 Å². The number of aromatic nitrogens is 3. The number of amides is 1. The Kier molecular flexibility index (Phi) is 6.71. The molecule has 0 bridgehead atoms. The predicted molar refractivity (Wildman–Crippen MR) is 110 cm³/mol. The van der Waals surface area contributed by atoms with E-state index in [-0.39, 0.29) is 11.7 Å². The number of thioether (sulfide) groups is 1. The van der Waals surface area contributed by atoms with E-state index in [1.807, 2.05) is 61.0 Å². The van der Waals surface area contributed by atoms with Crippen molar-refractivity contribution < 1.29 is 9.53 Å². The number of nitrogens with one attached hydrogen (secondary N) is 1. The van der Waals surface area contributed by atoms with Crippen LogP contribution in [0.3, 0.4) is 0 Å². The number of hydrogen-bond acceptors (Lipinski definition) is 5. The molecule has 0 aliphatic heterocycles. The quantitative estimate of drug-likeness (QED) is 0.591. The summed E-state index contributed by atoms with van der Waals surface area (Å²) < 4.78 is 7.73. The minimum atomic E-state index is -0.0371. The summed E-state index contributed by atoms with van der Waals surface area (Å²) in [5.41, 5.74) is 3.37. The minimum absolute atomic E-state index is 0.0371. The molecule has 1 aromatic heterocycles. The molecular formula is C21H24N4O2S. The lowest BCUT2D eigenvalue weighted by atomic mass is 10.1. The molecule has 146 valence electrons. The standard InChI is InChI=1S/C21H24N4O2S/c1-15-9-10-18(16(2)11-15)27-13-19-23-24-21(25(19)3)28-14-20(26)22-12-17-7-5-4-6-8-17/h4-11H,12-14H2,1-3H3,(H,22,26). The average Bonchev–Trinajstić information content (AvgIpc) is 3.04. The lowest BCUT2D eigenvalue weighted by molar-refractivity contribution is -0.118. The van der Waals surface area contributed by atoms with Crippen LogP contribution >= 0.6 is 11.8 Å². The number of aryl methyl sites for hydroxylation is 2.